The monoisotopic (exact) mass is 427 g/mol. The summed E-state index contributed by atoms with van der Waals surface area (Å²) in [5.41, 5.74) is 1.53. The van der Waals surface area contributed by atoms with Gasteiger partial charge in [-0.25, -0.2) is 4.98 Å². The number of ether oxygens (including phenoxy) is 2. The van der Waals surface area contributed by atoms with Crippen LogP contribution < -0.4 is 14.8 Å². The van der Waals surface area contributed by atoms with Crippen molar-refractivity contribution in [2.24, 2.45) is 0 Å². The minimum absolute atomic E-state index is 0. The summed E-state index contributed by atoms with van der Waals surface area (Å²) in [4.78, 5) is 9.04. The van der Waals surface area contributed by atoms with Crippen LogP contribution in [0.4, 0.5) is 5.82 Å². The molecule has 1 aromatic carbocycles. The number of nitrogens with zero attached hydrogens (tertiary/aromatic N) is 2. The van der Waals surface area contributed by atoms with Crippen molar-refractivity contribution in [3.05, 3.63) is 18.3 Å². The molecule has 0 saturated heterocycles. The SMILES string of the molecule is COc1cc2ncc(NC3CCC(O)CC3)nc2cc1OC.[SnH4]. The van der Waals surface area contributed by atoms with E-state index in [9.17, 15) is 5.11 Å². The van der Waals surface area contributed by atoms with Gasteiger partial charge < -0.3 is 19.9 Å². The Kier molecular flexibility index (Phi) is 6.29. The van der Waals surface area contributed by atoms with Crippen molar-refractivity contribution in [2.45, 2.75) is 37.8 Å². The summed E-state index contributed by atoms with van der Waals surface area (Å²) in [6.07, 6.45) is 5.16. The van der Waals surface area contributed by atoms with Gasteiger partial charge in [0.2, 0.25) is 0 Å². The van der Waals surface area contributed by atoms with Crippen LogP contribution in [0.15, 0.2) is 18.3 Å². The number of rotatable bonds is 4. The number of fused-ring (bicyclic) bond motifs is 1. The average Bonchev–Trinajstić information content (AvgIpc) is 2.55. The van der Waals surface area contributed by atoms with Gasteiger partial charge in [-0.05, 0) is 25.7 Å². The Balaban J connectivity index is 0.00000192. The van der Waals surface area contributed by atoms with Crippen molar-refractivity contribution in [1.29, 1.82) is 0 Å². The van der Waals surface area contributed by atoms with Gasteiger partial charge in [0.25, 0.3) is 0 Å². The van der Waals surface area contributed by atoms with Gasteiger partial charge in [-0.15, -0.1) is 0 Å². The predicted molar refractivity (Wildman–Crippen MR) is 95.9 cm³/mol. The molecule has 7 heteroatoms. The van der Waals surface area contributed by atoms with E-state index >= 15 is 0 Å². The number of benzene rings is 1. The molecule has 1 aliphatic carbocycles. The standard InChI is InChI=1S/C16H21N3O3.Sn.4H/c1-21-14-7-12-13(8-15(14)22-2)19-16(9-17-12)18-10-3-5-11(20)6-4-10;;;;;/h7-11,20H,3-6H2,1-2H3,(H,18,19);;;;;. The van der Waals surface area contributed by atoms with Gasteiger partial charge in [0.15, 0.2) is 11.5 Å². The Morgan fingerprint density at radius 1 is 1.04 bits per heavy atom. The van der Waals surface area contributed by atoms with Crippen molar-refractivity contribution in [1.82, 2.24) is 9.97 Å². The number of aliphatic hydroxyl groups is 1. The van der Waals surface area contributed by atoms with Crippen LogP contribution in [0.5, 0.6) is 11.5 Å². The van der Waals surface area contributed by atoms with Crippen LogP contribution in [0.25, 0.3) is 11.0 Å². The molecule has 2 N–H and O–H groups in total. The zero-order chi connectivity index (χ0) is 15.5. The third-order valence-electron chi connectivity index (χ3n) is 4.10. The van der Waals surface area contributed by atoms with Crippen LogP contribution in [0.1, 0.15) is 25.7 Å². The molecule has 0 atom stereocenters. The average molecular weight is 426 g/mol. The molecule has 126 valence electrons. The molecule has 0 aliphatic heterocycles. The Hall–Kier alpha value is -1.28. The van der Waals surface area contributed by atoms with Crippen LogP contribution in [-0.2, 0) is 0 Å². The van der Waals surface area contributed by atoms with E-state index in [0.29, 0.717) is 17.5 Å². The van der Waals surface area contributed by atoms with Gasteiger partial charge in [0.05, 0.1) is 37.6 Å². The summed E-state index contributed by atoms with van der Waals surface area (Å²) < 4.78 is 10.6. The van der Waals surface area contributed by atoms with Crippen molar-refractivity contribution in [3.8, 4) is 11.5 Å². The molecule has 1 saturated carbocycles. The van der Waals surface area contributed by atoms with Crippen LogP contribution in [0.3, 0.4) is 0 Å². The molecule has 23 heavy (non-hydrogen) atoms. The maximum atomic E-state index is 9.56. The molecule has 1 heterocycles. The predicted octanol–water partition coefficient (Wildman–Crippen LogP) is 0.911. The van der Waals surface area contributed by atoms with E-state index in [1.165, 1.54) is 0 Å². The first-order chi connectivity index (χ1) is 10.7. The molecule has 0 unspecified atom stereocenters. The Morgan fingerprint density at radius 2 is 1.65 bits per heavy atom. The minimum atomic E-state index is -0.155. The number of nitrogens with one attached hydrogen (secondary N) is 1. The second kappa shape index (κ2) is 8.01. The summed E-state index contributed by atoms with van der Waals surface area (Å²) in [6, 6.07) is 3.99. The summed E-state index contributed by atoms with van der Waals surface area (Å²) >= 11 is 0. The third-order valence-corrected chi connectivity index (χ3v) is 4.10. The number of hydrogen-bond donors (Lipinski definition) is 2. The molecule has 6 nitrogen and oxygen atoms in total. The molecule has 1 aromatic heterocycles. The van der Waals surface area contributed by atoms with Gasteiger partial charge >= 0.3 is 23.9 Å². The number of aromatic nitrogens is 2. The van der Waals surface area contributed by atoms with Gasteiger partial charge in [-0.1, -0.05) is 0 Å². The first kappa shape index (κ1) is 18.1. The first-order valence-electron chi connectivity index (χ1n) is 7.53. The number of aliphatic hydroxyl groups excluding tert-OH is 1. The summed E-state index contributed by atoms with van der Waals surface area (Å²) in [6.45, 7) is 0. The van der Waals surface area contributed by atoms with Crippen molar-refractivity contribution < 1.29 is 14.6 Å². The number of hydrogen-bond acceptors (Lipinski definition) is 6. The van der Waals surface area contributed by atoms with Crippen LogP contribution >= 0.6 is 0 Å². The summed E-state index contributed by atoms with van der Waals surface area (Å²) in [5, 5.41) is 13.0. The molecule has 1 aliphatic rings. The molecule has 3 rings (SSSR count). The summed E-state index contributed by atoms with van der Waals surface area (Å²) in [7, 11) is 3.21. The van der Waals surface area contributed by atoms with Crippen LogP contribution in [0.2, 0.25) is 0 Å². The fourth-order valence-corrected chi connectivity index (χ4v) is 2.84. The van der Waals surface area contributed by atoms with Gasteiger partial charge in [0, 0.05) is 18.2 Å². The Labute approximate surface area is 152 Å². The number of anilines is 1. The quantitative estimate of drug-likeness (QED) is 0.709. The van der Waals surface area contributed by atoms with E-state index in [0.717, 1.165) is 42.5 Å². The second-order valence-corrected chi connectivity index (χ2v) is 5.60. The van der Waals surface area contributed by atoms with E-state index in [1.807, 2.05) is 12.1 Å². The van der Waals surface area contributed by atoms with Crippen LogP contribution in [-0.4, -0.2) is 65.3 Å². The molecule has 0 bridgehead atoms. The van der Waals surface area contributed by atoms with Crippen molar-refractivity contribution in [3.63, 3.8) is 0 Å². The maximum absolute atomic E-state index is 9.56. The second-order valence-electron chi connectivity index (χ2n) is 5.60. The van der Waals surface area contributed by atoms with Gasteiger partial charge in [-0.3, -0.25) is 4.98 Å². The Morgan fingerprint density at radius 3 is 2.26 bits per heavy atom. The van der Waals surface area contributed by atoms with Crippen molar-refractivity contribution in [2.75, 3.05) is 19.5 Å². The third kappa shape index (κ3) is 4.17. The molecular formula is C16H25N3O3Sn. The number of methoxy groups -OCH3 is 2. The van der Waals surface area contributed by atoms with Gasteiger partial charge in [0.1, 0.15) is 5.82 Å². The molecule has 0 radical (unpaired) electrons. The van der Waals surface area contributed by atoms with Crippen LogP contribution in [0, 0.1) is 0 Å². The molecule has 2 aromatic rings. The molecule has 0 spiro atoms. The van der Waals surface area contributed by atoms with E-state index in [2.05, 4.69) is 15.3 Å². The van der Waals surface area contributed by atoms with E-state index < -0.39 is 0 Å². The molecule has 0 amide bonds. The Bertz CT molecular complexity index is 660. The van der Waals surface area contributed by atoms with Crippen molar-refractivity contribution >= 4 is 40.8 Å². The normalized spacial score (nSPS) is 20.7. The fourth-order valence-electron chi connectivity index (χ4n) is 2.84. The zero-order valence-corrected chi connectivity index (χ0v) is 12.9. The topological polar surface area (TPSA) is 76.5 Å². The fraction of sp³-hybridized carbons (Fsp3) is 0.500. The molecular weight excluding hydrogens is 401 g/mol. The van der Waals surface area contributed by atoms with Gasteiger partial charge in [-0.2, -0.15) is 0 Å². The van der Waals surface area contributed by atoms with E-state index in [4.69, 9.17) is 9.47 Å². The van der Waals surface area contributed by atoms with E-state index in [-0.39, 0.29) is 30.0 Å². The first-order valence-corrected chi connectivity index (χ1v) is 7.53. The zero-order valence-electron chi connectivity index (χ0n) is 12.9. The van der Waals surface area contributed by atoms with E-state index in [1.54, 1.807) is 20.4 Å². The molecule has 1 fully saturated rings. The summed E-state index contributed by atoms with van der Waals surface area (Å²) in [5.74, 6) is 2.04.